The van der Waals surface area contributed by atoms with Crippen molar-refractivity contribution < 1.29 is 9.29 Å². The monoisotopic (exact) mass is 351 g/mol. The highest BCUT2D eigenvalue weighted by atomic mass is 35.5. The summed E-state index contributed by atoms with van der Waals surface area (Å²) in [5.74, 6) is 1.46. The number of halogens is 1. The van der Waals surface area contributed by atoms with Crippen LogP contribution in [0.5, 0.6) is 11.5 Å². The van der Waals surface area contributed by atoms with Gasteiger partial charge in [-0.3, -0.25) is 0 Å². The molecule has 2 N–H and O–H groups in total. The molecule has 0 aliphatic heterocycles. The largest absolute Gasteiger partial charge is 0.612 e. The Bertz CT molecular complexity index is 717. The van der Waals surface area contributed by atoms with Crippen LogP contribution >= 0.6 is 11.6 Å². The predicted octanol–water partition coefficient (Wildman–Crippen LogP) is 4.30. The van der Waals surface area contributed by atoms with Gasteiger partial charge in [-0.25, -0.2) is 0 Å². The van der Waals surface area contributed by atoms with Crippen molar-refractivity contribution in [2.45, 2.75) is 32.1 Å². The van der Waals surface area contributed by atoms with E-state index in [0.29, 0.717) is 18.7 Å². The molecular weight excluding hydrogens is 330 g/mol. The lowest BCUT2D eigenvalue weighted by atomic mass is 10.1. The molecule has 0 fully saturated rings. The maximum atomic E-state index is 11.9. The Morgan fingerprint density at radius 1 is 1.13 bits per heavy atom. The van der Waals surface area contributed by atoms with Crippen LogP contribution in [0.25, 0.3) is 0 Å². The van der Waals surface area contributed by atoms with Gasteiger partial charge in [-0.2, -0.15) is 0 Å². The van der Waals surface area contributed by atoms with Crippen molar-refractivity contribution in [3.63, 3.8) is 0 Å². The van der Waals surface area contributed by atoms with Crippen molar-refractivity contribution in [3.8, 4) is 11.5 Å². The molecule has 0 saturated heterocycles. The van der Waals surface area contributed by atoms with E-state index in [0.717, 1.165) is 37.9 Å². The van der Waals surface area contributed by atoms with Crippen LogP contribution in [0.15, 0.2) is 29.2 Å². The van der Waals surface area contributed by atoms with E-state index >= 15 is 0 Å². The van der Waals surface area contributed by atoms with E-state index in [9.17, 15) is 4.55 Å². The SMILES string of the molecule is Cc1cc(CCN)c(Oc2ccc(Cl)c(C)c2C)cc1[S+](C)[O-]. The van der Waals surface area contributed by atoms with Crippen LogP contribution in [0.4, 0.5) is 0 Å². The summed E-state index contributed by atoms with van der Waals surface area (Å²) in [6.07, 6.45) is 2.38. The highest BCUT2D eigenvalue weighted by Gasteiger charge is 2.16. The van der Waals surface area contributed by atoms with Crippen molar-refractivity contribution in [2.24, 2.45) is 5.73 Å². The molecule has 0 bridgehead atoms. The van der Waals surface area contributed by atoms with Crippen molar-refractivity contribution in [1.82, 2.24) is 0 Å². The average Bonchev–Trinajstić information content (AvgIpc) is 2.50. The number of benzene rings is 2. The first-order valence-electron chi connectivity index (χ1n) is 7.45. The number of hydrogen-bond acceptors (Lipinski definition) is 3. The molecule has 0 radical (unpaired) electrons. The Labute approximate surface area is 146 Å². The third-order valence-electron chi connectivity index (χ3n) is 3.97. The smallest absolute Gasteiger partial charge is 0.159 e. The normalized spacial score (nSPS) is 12.3. The lowest BCUT2D eigenvalue weighted by Gasteiger charge is -2.17. The molecule has 1 atom stereocenters. The average molecular weight is 352 g/mol. The van der Waals surface area contributed by atoms with Crippen molar-refractivity contribution in [2.75, 3.05) is 12.8 Å². The van der Waals surface area contributed by atoms with Crippen LogP contribution < -0.4 is 10.5 Å². The Hall–Kier alpha value is -1.20. The van der Waals surface area contributed by atoms with Crippen LogP contribution in [0.1, 0.15) is 22.3 Å². The molecule has 0 aliphatic carbocycles. The second-order valence-corrected chi connectivity index (χ2v) is 7.37. The molecule has 2 rings (SSSR count). The van der Waals surface area contributed by atoms with Gasteiger partial charge in [0.15, 0.2) is 4.90 Å². The first-order chi connectivity index (χ1) is 10.8. The molecule has 1 unspecified atom stereocenters. The highest BCUT2D eigenvalue weighted by molar-refractivity contribution is 7.90. The zero-order valence-electron chi connectivity index (χ0n) is 13.9. The van der Waals surface area contributed by atoms with E-state index < -0.39 is 11.2 Å². The van der Waals surface area contributed by atoms with Crippen LogP contribution in [0.3, 0.4) is 0 Å². The molecule has 3 nitrogen and oxygen atoms in total. The van der Waals surface area contributed by atoms with Gasteiger partial charge >= 0.3 is 0 Å². The summed E-state index contributed by atoms with van der Waals surface area (Å²) in [6.45, 7) is 6.43. The van der Waals surface area contributed by atoms with Gasteiger partial charge in [0, 0.05) is 16.7 Å². The third kappa shape index (κ3) is 4.01. The van der Waals surface area contributed by atoms with Gasteiger partial charge in [0.2, 0.25) is 0 Å². The fraction of sp³-hybridized carbons (Fsp3) is 0.333. The lowest BCUT2D eigenvalue weighted by molar-refractivity contribution is 0.470. The van der Waals surface area contributed by atoms with Crippen LogP contribution in [0.2, 0.25) is 5.02 Å². The summed E-state index contributed by atoms with van der Waals surface area (Å²) in [5, 5.41) is 0.719. The number of rotatable bonds is 5. The minimum absolute atomic E-state index is 0.531. The number of hydrogen-bond donors (Lipinski definition) is 1. The van der Waals surface area contributed by atoms with E-state index in [-0.39, 0.29) is 0 Å². The first kappa shape index (κ1) is 18.1. The Morgan fingerprint density at radius 3 is 2.43 bits per heavy atom. The molecule has 0 spiro atoms. The van der Waals surface area contributed by atoms with Gasteiger partial charge in [-0.1, -0.05) is 11.6 Å². The number of ether oxygens (including phenoxy) is 1. The summed E-state index contributed by atoms with van der Waals surface area (Å²) in [7, 11) is 0. The summed E-state index contributed by atoms with van der Waals surface area (Å²) in [5.41, 5.74) is 9.72. The molecule has 5 heteroatoms. The summed E-state index contributed by atoms with van der Waals surface area (Å²) < 4.78 is 18.0. The topological polar surface area (TPSA) is 58.3 Å². The van der Waals surface area contributed by atoms with E-state index in [1.165, 1.54) is 0 Å². The zero-order valence-corrected chi connectivity index (χ0v) is 15.5. The molecule has 0 aromatic heterocycles. The van der Waals surface area contributed by atoms with E-state index in [4.69, 9.17) is 22.1 Å². The van der Waals surface area contributed by atoms with E-state index in [2.05, 4.69) is 0 Å². The summed E-state index contributed by atoms with van der Waals surface area (Å²) in [6, 6.07) is 7.56. The highest BCUT2D eigenvalue weighted by Crippen LogP contribution is 2.34. The summed E-state index contributed by atoms with van der Waals surface area (Å²) in [4.78, 5) is 0.782. The van der Waals surface area contributed by atoms with Gasteiger partial charge in [-0.05, 0) is 79.8 Å². The van der Waals surface area contributed by atoms with Crippen molar-refractivity contribution >= 4 is 22.8 Å². The lowest BCUT2D eigenvalue weighted by Crippen LogP contribution is -2.07. The maximum absolute atomic E-state index is 11.9. The van der Waals surface area contributed by atoms with Gasteiger partial charge in [-0.15, -0.1) is 0 Å². The fourth-order valence-corrected chi connectivity index (χ4v) is 3.47. The predicted molar refractivity (Wildman–Crippen MR) is 97.3 cm³/mol. The molecule has 0 amide bonds. The maximum Gasteiger partial charge on any atom is 0.159 e. The van der Waals surface area contributed by atoms with Crippen LogP contribution in [-0.4, -0.2) is 17.4 Å². The first-order valence-corrected chi connectivity index (χ1v) is 9.39. The second kappa shape index (κ2) is 7.58. The quantitative estimate of drug-likeness (QED) is 0.817. The molecule has 2 aromatic rings. The van der Waals surface area contributed by atoms with Crippen LogP contribution in [0, 0.1) is 20.8 Å². The van der Waals surface area contributed by atoms with E-state index in [1.807, 2.05) is 45.0 Å². The number of aryl methyl sites for hydroxylation is 1. The number of nitrogens with two attached hydrogens (primary N) is 1. The molecule has 0 aliphatic rings. The minimum atomic E-state index is -1.07. The standard InChI is InChI=1S/C18H22ClNO2S/c1-11-9-14(7-8-20)17(10-18(11)23(4)21)22-16-6-5-15(19)12(2)13(16)3/h5-6,9-10H,7-8,20H2,1-4H3. The zero-order chi connectivity index (χ0) is 17.1. The minimum Gasteiger partial charge on any atom is -0.612 e. The third-order valence-corrected chi connectivity index (χ3v) is 5.44. The second-order valence-electron chi connectivity index (χ2n) is 5.62. The Balaban J connectivity index is 2.49. The van der Waals surface area contributed by atoms with Gasteiger partial charge in [0.05, 0.1) is 0 Å². The molecule has 0 heterocycles. The van der Waals surface area contributed by atoms with E-state index in [1.54, 1.807) is 6.26 Å². The summed E-state index contributed by atoms with van der Waals surface area (Å²) >= 11 is 5.08. The molecule has 124 valence electrons. The molecule has 23 heavy (non-hydrogen) atoms. The molecule has 2 aromatic carbocycles. The van der Waals surface area contributed by atoms with Crippen LogP contribution in [-0.2, 0) is 17.6 Å². The van der Waals surface area contributed by atoms with Crippen molar-refractivity contribution in [3.05, 3.63) is 51.5 Å². The molecular formula is C18H22ClNO2S. The fourth-order valence-electron chi connectivity index (χ4n) is 2.48. The van der Waals surface area contributed by atoms with Gasteiger partial charge < -0.3 is 15.0 Å². The van der Waals surface area contributed by atoms with Gasteiger partial charge in [0.25, 0.3) is 0 Å². The van der Waals surface area contributed by atoms with Gasteiger partial charge in [0.1, 0.15) is 17.8 Å². The Kier molecular flexibility index (Phi) is 5.98. The Morgan fingerprint density at radius 2 is 1.83 bits per heavy atom. The van der Waals surface area contributed by atoms with Crippen molar-refractivity contribution in [1.29, 1.82) is 0 Å². The molecule has 0 saturated carbocycles.